The van der Waals surface area contributed by atoms with Crippen LogP contribution in [0.1, 0.15) is 18.5 Å². The van der Waals surface area contributed by atoms with Gasteiger partial charge in [-0.2, -0.15) is 0 Å². The third-order valence-corrected chi connectivity index (χ3v) is 4.26. The van der Waals surface area contributed by atoms with Crippen molar-refractivity contribution in [2.75, 3.05) is 26.9 Å². The van der Waals surface area contributed by atoms with Crippen molar-refractivity contribution in [1.82, 2.24) is 10.2 Å². The third-order valence-electron chi connectivity index (χ3n) is 3.92. The molecule has 1 aliphatic rings. The first-order valence-electron chi connectivity index (χ1n) is 7.91. The van der Waals surface area contributed by atoms with Gasteiger partial charge >= 0.3 is 5.97 Å². The van der Waals surface area contributed by atoms with E-state index in [4.69, 9.17) is 21.7 Å². The summed E-state index contributed by atoms with van der Waals surface area (Å²) in [6, 6.07) is 2.28. The summed E-state index contributed by atoms with van der Waals surface area (Å²) in [7, 11) is 1.49. The van der Waals surface area contributed by atoms with E-state index in [0.29, 0.717) is 17.4 Å². The van der Waals surface area contributed by atoms with Gasteiger partial charge in [-0.3, -0.25) is 0 Å². The van der Waals surface area contributed by atoms with Gasteiger partial charge < -0.3 is 19.7 Å². The first kappa shape index (κ1) is 20.0. The maximum Gasteiger partial charge on any atom is 0.338 e. The number of carbonyl (C=O) groups is 1. The van der Waals surface area contributed by atoms with Gasteiger partial charge in [-0.15, -0.1) is 6.58 Å². The number of halogens is 2. The van der Waals surface area contributed by atoms with Gasteiger partial charge in [-0.25, -0.2) is 13.6 Å². The molecule has 1 N–H and O–H groups in total. The molecule has 1 aliphatic heterocycles. The Hall–Kier alpha value is -2.32. The minimum Gasteiger partial charge on any atom is -0.460 e. The Labute approximate surface area is 156 Å². The summed E-state index contributed by atoms with van der Waals surface area (Å²) in [5.41, 5.74) is 0.817. The van der Waals surface area contributed by atoms with Crippen LogP contribution < -0.4 is 5.32 Å². The van der Waals surface area contributed by atoms with Crippen LogP contribution in [0.25, 0.3) is 0 Å². The van der Waals surface area contributed by atoms with Crippen molar-refractivity contribution in [3.05, 3.63) is 59.3 Å². The van der Waals surface area contributed by atoms with Crippen LogP contribution in [0.5, 0.6) is 0 Å². The monoisotopic (exact) mass is 382 g/mol. The molecular weight excluding hydrogens is 362 g/mol. The molecule has 1 aromatic rings. The van der Waals surface area contributed by atoms with Crippen LogP contribution >= 0.6 is 12.2 Å². The first-order chi connectivity index (χ1) is 12.4. The van der Waals surface area contributed by atoms with Crippen molar-refractivity contribution >= 4 is 23.3 Å². The highest BCUT2D eigenvalue weighted by atomic mass is 32.1. The predicted octanol–water partition coefficient (Wildman–Crippen LogP) is 2.85. The maximum atomic E-state index is 14.3. The molecule has 1 aromatic carbocycles. The second-order valence-electron chi connectivity index (χ2n) is 5.58. The van der Waals surface area contributed by atoms with Crippen molar-refractivity contribution in [1.29, 1.82) is 0 Å². The van der Waals surface area contributed by atoms with Crippen LogP contribution in [0.4, 0.5) is 8.78 Å². The Balaban J connectivity index is 2.48. The summed E-state index contributed by atoms with van der Waals surface area (Å²) in [5, 5.41) is 3.25. The predicted molar refractivity (Wildman–Crippen MR) is 97.3 cm³/mol. The molecule has 1 atom stereocenters. The topological polar surface area (TPSA) is 50.8 Å². The summed E-state index contributed by atoms with van der Waals surface area (Å²) in [6.07, 6.45) is 1.63. The summed E-state index contributed by atoms with van der Waals surface area (Å²) in [4.78, 5) is 14.3. The molecule has 8 heteroatoms. The second kappa shape index (κ2) is 8.86. The molecule has 0 saturated carbocycles. The number of nitrogens with zero attached hydrogens (tertiary/aromatic N) is 1. The maximum absolute atomic E-state index is 14.3. The van der Waals surface area contributed by atoms with E-state index in [1.165, 1.54) is 13.2 Å². The molecule has 0 bridgehead atoms. The molecule has 0 radical (unpaired) electrons. The van der Waals surface area contributed by atoms with E-state index in [1.807, 2.05) is 0 Å². The molecule has 0 unspecified atom stereocenters. The van der Waals surface area contributed by atoms with Crippen LogP contribution in [0.15, 0.2) is 42.1 Å². The molecule has 0 aromatic heterocycles. The summed E-state index contributed by atoms with van der Waals surface area (Å²) >= 11 is 5.33. The quantitative estimate of drug-likeness (QED) is 0.339. The zero-order valence-electron chi connectivity index (χ0n) is 14.6. The lowest BCUT2D eigenvalue weighted by atomic mass is 9.94. The van der Waals surface area contributed by atoms with E-state index in [2.05, 4.69) is 11.9 Å². The van der Waals surface area contributed by atoms with Gasteiger partial charge in [-0.05, 0) is 25.2 Å². The van der Waals surface area contributed by atoms with Gasteiger partial charge in [0.1, 0.15) is 18.2 Å². The average Bonchev–Trinajstić information content (AvgIpc) is 2.58. The van der Waals surface area contributed by atoms with E-state index in [9.17, 15) is 13.6 Å². The highest BCUT2D eigenvalue weighted by Gasteiger charge is 2.35. The van der Waals surface area contributed by atoms with Crippen LogP contribution in [-0.2, 0) is 14.3 Å². The SMILES string of the molecule is C=CCN1C(=S)N[C@@H](c2ccc(F)cc2F)C(C(=O)OCCOC)=C1C. The lowest BCUT2D eigenvalue weighted by molar-refractivity contribution is -0.140. The highest BCUT2D eigenvalue weighted by Crippen LogP contribution is 2.32. The van der Waals surface area contributed by atoms with Gasteiger partial charge in [0, 0.05) is 31.0 Å². The lowest BCUT2D eigenvalue weighted by Gasteiger charge is -2.37. The average molecular weight is 382 g/mol. The number of nitrogens with one attached hydrogen (secondary N) is 1. The van der Waals surface area contributed by atoms with Gasteiger partial charge in [0.15, 0.2) is 5.11 Å². The number of ether oxygens (including phenoxy) is 2. The number of hydrogen-bond donors (Lipinski definition) is 1. The van der Waals surface area contributed by atoms with E-state index in [0.717, 1.165) is 12.1 Å². The minimum absolute atomic E-state index is 0.0522. The zero-order chi connectivity index (χ0) is 19.3. The number of carbonyl (C=O) groups excluding carboxylic acids is 1. The number of methoxy groups -OCH3 is 1. The third kappa shape index (κ3) is 4.25. The van der Waals surface area contributed by atoms with E-state index in [1.54, 1.807) is 17.9 Å². The van der Waals surface area contributed by atoms with Crippen molar-refractivity contribution in [2.45, 2.75) is 13.0 Å². The lowest BCUT2D eigenvalue weighted by Crippen LogP contribution is -2.48. The van der Waals surface area contributed by atoms with Crippen LogP contribution in [0, 0.1) is 11.6 Å². The Morgan fingerprint density at radius 1 is 1.42 bits per heavy atom. The number of esters is 1. The fourth-order valence-corrected chi connectivity index (χ4v) is 2.99. The molecule has 1 heterocycles. The van der Waals surface area contributed by atoms with Crippen molar-refractivity contribution < 1.29 is 23.0 Å². The standard InChI is InChI=1S/C18H20F2N2O3S/c1-4-7-22-11(2)15(17(23)25-9-8-24-3)16(21-18(22)26)13-6-5-12(19)10-14(13)20/h4-6,10,16H,1,7-9H2,2-3H3,(H,21,26)/t16-/m0/s1. The number of allylic oxidation sites excluding steroid dienone is 1. The smallest absolute Gasteiger partial charge is 0.338 e. The van der Waals surface area contributed by atoms with Gasteiger partial charge in [0.25, 0.3) is 0 Å². The number of thiocarbonyl (C=S) groups is 1. The van der Waals surface area contributed by atoms with Crippen LogP contribution in [-0.4, -0.2) is 42.8 Å². The fraction of sp³-hybridized carbons (Fsp3) is 0.333. The number of rotatable bonds is 7. The Morgan fingerprint density at radius 3 is 2.77 bits per heavy atom. The van der Waals surface area contributed by atoms with Crippen molar-refractivity contribution in [3.8, 4) is 0 Å². The molecule has 26 heavy (non-hydrogen) atoms. The van der Waals surface area contributed by atoms with E-state index >= 15 is 0 Å². The largest absolute Gasteiger partial charge is 0.460 e. The van der Waals surface area contributed by atoms with Gasteiger partial charge in [-0.1, -0.05) is 12.1 Å². The van der Waals surface area contributed by atoms with Crippen LogP contribution in [0.3, 0.4) is 0 Å². The number of benzene rings is 1. The van der Waals surface area contributed by atoms with E-state index < -0.39 is 23.6 Å². The highest BCUT2D eigenvalue weighted by molar-refractivity contribution is 7.80. The molecule has 0 fully saturated rings. The van der Waals surface area contributed by atoms with Crippen molar-refractivity contribution in [2.24, 2.45) is 0 Å². The Kier molecular flexibility index (Phi) is 6.82. The summed E-state index contributed by atoms with van der Waals surface area (Å²) in [5.74, 6) is -2.11. The molecule has 2 rings (SSSR count). The second-order valence-corrected chi connectivity index (χ2v) is 5.96. The van der Waals surface area contributed by atoms with Crippen LogP contribution in [0.2, 0.25) is 0 Å². The summed E-state index contributed by atoms with van der Waals surface area (Å²) < 4.78 is 37.7. The van der Waals surface area contributed by atoms with Gasteiger partial charge in [0.2, 0.25) is 0 Å². The van der Waals surface area contributed by atoms with Crippen molar-refractivity contribution in [3.63, 3.8) is 0 Å². The van der Waals surface area contributed by atoms with E-state index in [-0.39, 0.29) is 24.4 Å². The molecule has 0 amide bonds. The normalized spacial score (nSPS) is 17.2. The summed E-state index contributed by atoms with van der Waals surface area (Å²) in [6.45, 7) is 6.01. The molecule has 0 aliphatic carbocycles. The van der Waals surface area contributed by atoms with Gasteiger partial charge in [0.05, 0.1) is 18.2 Å². The minimum atomic E-state index is -0.890. The first-order valence-corrected chi connectivity index (χ1v) is 8.32. The number of hydrogen-bond acceptors (Lipinski definition) is 4. The molecular formula is C18H20F2N2O3S. The molecule has 0 saturated heterocycles. The molecule has 0 spiro atoms. The zero-order valence-corrected chi connectivity index (χ0v) is 15.4. The molecule has 5 nitrogen and oxygen atoms in total. The Morgan fingerprint density at radius 2 is 2.15 bits per heavy atom. The Bertz CT molecular complexity index is 752. The molecule has 140 valence electrons. The fourth-order valence-electron chi connectivity index (χ4n) is 2.66.